The number of thioether (sulfide) groups is 1. The van der Waals surface area contributed by atoms with Gasteiger partial charge in [-0.05, 0) is 55.0 Å². The van der Waals surface area contributed by atoms with Gasteiger partial charge in [0, 0.05) is 17.1 Å². The normalized spacial score (nSPS) is 11.3. The maximum Gasteiger partial charge on any atom is 0.416 e. The number of hydrogen-bond acceptors (Lipinski definition) is 3. The first-order chi connectivity index (χ1) is 11.3. The van der Waals surface area contributed by atoms with Crippen molar-refractivity contribution in [1.29, 1.82) is 0 Å². The van der Waals surface area contributed by atoms with Crippen molar-refractivity contribution in [2.75, 3.05) is 5.75 Å². The summed E-state index contributed by atoms with van der Waals surface area (Å²) >= 11 is 1.59. The van der Waals surface area contributed by atoms with Gasteiger partial charge in [-0.1, -0.05) is 6.58 Å². The Balaban J connectivity index is 1.81. The van der Waals surface area contributed by atoms with Gasteiger partial charge in [-0.25, -0.2) is 0 Å². The fourth-order valence-electron chi connectivity index (χ4n) is 1.93. The number of alkyl halides is 3. The van der Waals surface area contributed by atoms with E-state index in [1.54, 1.807) is 17.8 Å². The second-order valence-electron chi connectivity index (χ2n) is 5.21. The van der Waals surface area contributed by atoms with Crippen LogP contribution in [0.1, 0.15) is 17.5 Å². The molecule has 2 rings (SSSR count). The number of phenols is 1. The SMILES string of the molecule is C=C(CCSc1ccc(O)c(C)c1)Oc1ccc(C(F)(F)F)cc1. The molecular weight excluding hydrogens is 337 g/mol. The molecule has 0 aliphatic carbocycles. The molecule has 0 unspecified atom stereocenters. The van der Waals surface area contributed by atoms with Gasteiger partial charge in [0.15, 0.2) is 0 Å². The Morgan fingerprint density at radius 1 is 1.17 bits per heavy atom. The van der Waals surface area contributed by atoms with E-state index < -0.39 is 11.7 Å². The Kier molecular flexibility index (Phi) is 5.83. The van der Waals surface area contributed by atoms with Gasteiger partial charge in [0.2, 0.25) is 0 Å². The zero-order valence-corrected chi connectivity index (χ0v) is 13.9. The van der Waals surface area contributed by atoms with Crippen LogP contribution in [0.15, 0.2) is 59.7 Å². The van der Waals surface area contributed by atoms with Crippen molar-refractivity contribution in [3.05, 3.63) is 65.9 Å². The van der Waals surface area contributed by atoms with Crippen LogP contribution in [0.5, 0.6) is 11.5 Å². The number of rotatable bonds is 6. The van der Waals surface area contributed by atoms with Crippen LogP contribution in [0.25, 0.3) is 0 Å². The Bertz CT molecular complexity index is 709. The Morgan fingerprint density at radius 2 is 1.83 bits per heavy atom. The van der Waals surface area contributed by atoms with E-state index in [1.165, 1.54) is 12.1 Å². The van der Waals surface area contributed by atoms with E-state index in [0.29, 0.717) is 23.7 Å². The molecular formula is C18H17F3O2S. The highest BCUT2D eigenvalue weighted by atomic mass is 32.2. The maximum absolute atomic E-state index is 12.5. The minimum Gasteiger partial charge on any atom is -0.508 e. The van der Waals surface area contributed by atoms with E-state index in [0.717, 1.165) is 22.6 Å². The van der Waals surface area contributed by atoms with Gasteiger partial charge in [-0.15, -0.1) is 11.8 Å². The van der Waals surface area contributed by atoms with Crippen molar-refractivity contribution >= 4 is 11.8 Å². The number of phenolic OH excluding ortho intramolecular Hbond substituents is 1. The van der Waals surface area contributed by atoms with Gasteiger partial charge in [-0.3, -0.25) is 0 Å². The molecule has 2 aromatic carbocycles. The summed E-state index contributed by atoms with van der Waals surface area (Å²) in [7, 11) is 0. The molecule has 0 spiro atoms. The third kappa shape index (κ3) is 5.23. The third-order valence-electron chi connectivity index (χ3n) is 3.26. The predicted molar refractivity (Wildman–Crippen MR) is 89.4 cm³/mol. The van der Waals surface area contributed by atoms with E-state index in [1.807, 2.05) is 19.1 Å². The van der Waals surface area contributed by atoms with Gasteiger partial charge in [0.25, 0.3) is 0 Å². The summed E-state index contributed by atoms with van der Waals surface area (Å²) < 4.78 is 42.9. The molecule has 128 valence electrons. The van der Waals surface area contributed by atoms with Gasteiger partial charge < -0.3 is 9.84 Å². The molecule has 0 amide bonds. The number of aryl methyl sites for hydroxylation is 1. The van der Waals surface area contributed by atoms with Crippen LogP contribution in [0.3, 0.4) is 0 Å². The summed E-state index contributed by atoms with van der Waals surface area (Å²) in [5.41, 5.74) is 0.0959. The topological polar surface area (TPSA) is 29.5 Å². The smallest absolute Gasteiger partial charge is 0.416 e. The van der Waals surface area contributed by atoms with Crippen molar-refractivity contribution in [2.24, 2.45) is 0 Å². The van der Waals surface area contributed by atoms with Crippen molar-refractivity contribution in [3.63, 3.8) is 0 Å². The Morgan fingerprint density at radius 3 is 2.42 bits per heavy atom. The molecule has 0 atom stereocenters. The first-order valence-corrected chi connectivity index (χ1v) is 8.19. The summed E-state index contributed by atoms with van der Waals surface area (Å²) in [6.07, 6.45) is -3.79. The fourth-order valence-corrected chi connectivity index (χ4v) is 2.92. The molecule has 0 saturated heterocycles. The highest BCUT2D eigenvalue weighted by Crippen LogP contribution is 2.31. The minimum atomic E-state index is -4.35. The number of halogens is 3. The Labute approximate surface area is 143 Å². The molecule has 0 heterocycles. The largest absolute Gasteiger partial charge is 0.508 e. The molecule has 6 heteroatoms. The number of ether oxygens (including phenoxy) is 1. The molecule has 0 aliphatic heterocycles. The molecule has 0 aliphatic rings. The van der Waals surface area contributed by atoms with Crippen LogP contribution < -0.4 is 4.74 Å². The van der Waals surface area contributed by atoms with E-state index in [9.17, 15) is 18.3 Å². The number of hydrogen-bond donors (Lipinski definition) is 1. The van der Waals surface area contributed by atoms with Gasteiger partial charge >= 0.3 is 6.18 Å². The van der Waals surface area contributed by atoms with Crippen molar-refractivity contribution in [1.82, 2.24) is 0 Å². The molecule has 1 N–H and O–H groups in total. The molecule has 0 fully saturated rings. The lowest BCUT2D eigenvalue weighted by atomic mass is 10.2. The molecule has 0 aromatic heterocycles. The number of aromatic hydroxyl groups is 1. The van der Waals surface area contributed by atoms with Crippen LogP contribution in [-0.4, -0.2) is 10.9 Å². The Hall–Kier alpha value is -2.08. The third-order valence-corrected chi connectivity index (χ3v) is 4.26. The highest BCUT2D eigenvalue weighted by molar-refractivity contribution is 7.99. The lowest BCUT2D eigenvalue weighted by molar-refractivity contribution is -0.137. The first-order valence-electron chi connectivity index (χ1n) is 7.21. The van der Waals surface area contributed by atoms with Crippen LogP contribution in [0.4, 0.5) is 13.2 Å². The molecule has 0 saturated carbocycles. The maximum atomic E-state index is 12.5. The average molecular weight is 354 g/mol. The monoisotopic (exact) mass is 354 g/mol. The van der Waals surface area contributed by atoms with Crippen LogP contribution in [0.2, 0.25) is 0 Å². The summed E-state index contributed by atoms with van der Waals surface area (Å²) in [5.74, 6) is 1.79. The van der Waals surface area contributed by atoms with Crippen LogP contribution in [-0.2, 0) is 6.18 Å². The van der Waals surface area contributed by atoms with Gasteiger partial charge in [0.05, 0.1) is 11.3 Å². The minimum absolute atomic E-state index is 0.259. The summed E-state index contributed by atoms with van der Waals surface area (Å²) in [4.78, 5) is 1.02. The second kappa shape index (κ2) is 7.66. The quantitative estimate of drug-likeness (QED) is 0.525. The standard InChI is InChI=1S/C18H17F3O2S/c1-12-11-16(7-8-17(12)22)24-10-9-13(2)23-15-5-3-14(4-6-15)18(19,20)21/h3-8,11,22H,2,9-10H2,1H3. The van der Waals surface area contributed by atoms with Gasteiger partial charge in [-0.2, -0.15) is 13.2 Å². The van der Waals surface area contributed by atoms with E-state index in [2.05, 4.69) is 6.58 Å². The van der Waals surface area contributed by atoms with Crippen molar-refractivity contribution < 1.29 is 23.0 Å². The zero-order valence-electron chi connectivity index (χ0n) is 13.1. The first kappa shape index (κ1) is 18.3. The van der Waals surface area contributed by atoms with Gasteiger partial charge in [0.1, 0.15) is 11.5 Å². The number of benzene rings is 2. The van der Waals surface area contributed by atoms with Crippen molar-refractivity contribution in [3.8, 4) is 11.5 Å². The molecule has 0 radical (unpaired) electrons. The van der Waals surface area contributed by atoms with Crippen LogP contribution in [0, 0.1) is 6.92 Å². The van der Waals surface area contributed by atoms with E-state index in [4.69, 9.17) is 4.74 Å². The zero-order chi connectivity index (χ0) is 17.7. The average Bonchev–Trinajstić information content (AvgIpc) is 2.50. The lowest BCUT2D eigenvalue weighted by Gasteiger charge is -2.11. The fraction of sp³-hybridized carbons (Fsp3) is 0.222. The molecule has 2 aromatic rings. The number of allylic oxidation sites excluding steroid dienone is 1. The predicted octanol–water partition coefficient (Wildman–Crippen LogP) is 5.79. The summed E-state index contributed by atoms with van der Waals surface area (Å²) in [6, 6.07) is 9.89. The van der Waals surface area contributed by atoms with Crippen molar-refractivity contribution in [2.45, 2.75) is 24.4 Å². The molecule has 2 nitrogen and oxygen atoms in total. The summed E-state index contributed by atoms with van der Waals surface area (Å²) in [6.45, 7) is 5.61. The van der Waals surface area contributed by atoms with E-state index in [-0.39, 0.29) is 5.75 Å². The summed E-state index contributed by atoms with van der Waals surface area (Å²) in [5, 5.41) is 9.48. The van der Waals surface area contributed by atoms with E-state index >= 15 is 0 Å². The molecule has 24 heavy (non-hydrogen) atoms. The lowest BCUT2D eigenvalue weighted by Crippen LogP contribution is -2.04. The molecule has 0 bridgehead atoms. The second-order valence-corrected chi connectivity index (χ2v) is 6.38. The highest BCUT2D eigenvalue weighted by Gasteiger charge is 2.30. The van der Waals surface area contributed by atoms with Crippen LogP contribution >= 0.6 is 11.8 Å².